The van der Waals surface area contributed by atoms with Crippen LogP contribution in [0.5, 0.6) is 0 Å². The summed E-state index contributed by atoms with van der Waals surface area (Å²) in [7, 11) is -1.05. The molecule has 0 spiro atoms. The van der Waals surface area contributed by atoms with Gasteiger partial charge in [-0.2, -0.15) is 0 Å². The van der Waals surface area contributed by atoms with Crippen molar-refractivity contribution in [3.8, 4) is 0 Å². The fraction of sp³-hybridized carbons (Fsp3) is 0.636. The van der Waals surface area contributed by atoms with Crippen molar-refractivity contribution in [2.45, 2.75) is 33.5 Å². The third-order valence-electron chi connectivity index (χ3n) is 2.54. The zero-order chi connectivity index (χ0) is 9.35. The second-order valence-electron chi connectivity index (χ2n) is 5.03. The third kappa shape index (κ3) is 1.89. The summed E-state index contributed by atoms with van der Waals surface area (Å²) in [6.07, 6.45) is 6.94. The summed E-state index contributed by atoms with van der Waals surface area (Å²) in [4.78, 5) is 0. The lowest BCUT2D eigenvalue weighted by molar-refractivity contribution is 0.544. The van der Waals surface area contributed by atoms with Gasteiger partial charge in [0.2, 0.25) is 0 Å². The van der Waals surface area contributed by atoms with Crippen molar-refractivity contribution >= 4 is 8.07 Å². The van der Waals surface area contributed by atoms with Crippen LogP contribution in [0.2, 0.25) is 19.6 Å². The van der Waals surface area contributed by atoms with Crippen molar-refractivity contribution in [2.75, 3.05) is 0 Å². The van der Waals surface area contributed by atoms with Gasteiger partial charge in [-0.05, 0) is 11.8 Å². The Morgan fingerprint density at radius 2 is 1.83 bits per heavy atom. The highest BCUT2D eigenvalue weighted by molar-refractivity contribution is 6.83. The van der Waals surface area contributed by atoms with E-state index in [1.165, 1.54) is 0 Å². The van der Waals surface area contributed by atoms with Crippen molar-refractivity contribution in [3.63, 3.8) is 0 Å². The normalized spacial score (nSPS) is 23.5. The van der Waals surface area contributed by atoms with Gasteiger partial charge < -0.3 is 0 Å². The molecule has 0 bridgehead atoms. The van der Waals surface area contributed by atoms with Gasteiger partial charge in [-0.1, -0.05) is 56.9 Å². The Kier molecular flexibility index (Phi) is 2.62. The summed E-state index contributed by atoms with van der Waals surface area (Å²) in [5.74, 6) is 1.50. The van der Waals surface area contributed by atoms with Crippen LogP contribution >= 0.6 is 0 Å². The highest BCUT2D eigenvalue weighted by Crippen LogP contribution is 2.33. The van der Waals surface area contributed by atoms with Crippen molar-refractivity contribution in [2.24, 2.45) is 11.8 Å². The molecule has 0 saturated heterocycles. The summed E-state index contributed by atoms with van der Waals surface area (Å²) < 4.78 is 0. The maximum absolute atomic E-state index is 2.43. The molecule has 0 saturated carbocycles. The molecule has 1 aliphatic carbocycles. The number of hydrogen-bond acceptors (Lipinski definition) is 0. The van der Waals surface area contributed by atoms with Crippen LogP contribution in [0.4, 0.5) is 0 Å². The Bertz CT molecular complexity index is 216. The first kappa shape index (κ1) is 9.78. The second kappa shape index (κ2) is 3.21. The molecule has 1 atom stereocenters. The summed E-state index contributed by atoms with van der Waals surface area (Å²) in [5.41, 5.74) is 0. The molecule has 0 N–H and O–H groups in total. The standard InChI is InChI=1S/C11H20Si/c1-9(2)10-7-6-8-11(10)12(3,4)5/h6-10H,1-5H3. The van der Waals surface area contributed by atoms with Crippen molar-refractivity contribution in [1.29, 1.82) is 0 Å². The Morgan fingerprint density at radius 3 is 2.17 bits per heavy atom. The molecule has 0 amide bonds. The lowest BCUT2D eigenvalue weighted by atomic mass is 9.98. The molecule has 0 heterocycles. The Hall–Kier alpha value is -0.303. The summed E-state index contributed by atoms with van der Waals surface area (Å²) in [6.45, 7) is 11.9. The maximum atomic E-state index is 2.43. The van der Waals surface area contributed by atoms with Crippen LogP contribution in [-0.2, 0) is 0 Å². The van der Waals surface area contributed by atoms with Gasteiger partial charge in [0.05, 0.1) is 8.07 Å². The fourth-order valence-corrected chi connectivity index (χ4v) is 3.85. The van der Waals surface area contributed by atoms with E-state index in [0.717, 1.165) is 11.8 Å². The number of hydrogen-bond donors (Lipinski definition) is 0. The van der Waals surface area contributed by atoms with E-state index in [0.29, 0.717) is 0 Å². The van der Waals surface area contributed by atoms with Gasteiger partial charge >= 0.3 is 0 Å². The third-order valence-corrected chi connectivity index (χ3v) is 4.77. The Labute approximate surface area is 77.4 Å². The van der Waals surface area contributed by atoms with E-state index in [2.05, 4.69) is 51.7 Å². The molecule has 0 nitrogen and oxygen atoms in total. The van der Waals surface area contributed by atoms with Gasteiger partial charge in [-0.15, -0.1) is 0 Å². The smallest absolute Gasteiger partial charge is 0.0732 e. The first-order chi connectivity index (χ1) is 5.43. The zero-order valence-electron chi connectivity index (χ0n) is 8.89. The van der Waals surface area contributed by atoms with E-state index in [1.807, 2.05) is 0 Å². The molecule has 1 rings (SSSR count). The molecular formula is C11H20Si. The topological polar surface area (TPSA) is 0 Å². The quantitative estimate of drug-likeness (QED) is 0.569. The van der Waals surface area contributed by atoms with Gasteiger partial charge in [0.25, 0.3) is 0 Å². The van der Waals surface area contributed by atoms with Gasteiger partial charge in [0.1, 0.15) is 0 Å². The second-order valence-corrected chi connectivity index (χ2v) is 10.1. The number of allylic oxidation sites excluding steroid dienone is 4. The van der Waals surface area contributed by atoms with Gasteiger partial charge in [0, 0.05) is 0 Å². The monoisotopic (exact) mass is 180 g/mol. The predicted molar refractivity (Wildman–Crippen MR) is 58.9 cm³/mol. The highest BCUT2D eigenvalue weighted by Gasteiger charge is 2.28. The summed E-state index contributed by atoms with van der Waals surface area (Å²) in [6, 6.07) is 0. The van der Waals surface area contributed by atoms with Crippen LogP contribution in [-0.4, -0.2) is 8.07 Å². The minimum Gasteiger partial charge on any atom is -0.0775 e. The minimum atomic E-state index is -1.05. The van der Waals surface area contributed by atoms with Crippen LogP contribution in [0, 0.1) is 11.8 Å². The fourth-order valence-electron chi connectivity index (χ4n) is 1.83. The van der Waals surface area contributed by atoms with E-state index in [9.17, 15) is 0 Å². The van der Waals surface area contributed by atoms with E-state index in [4.69, 9.17) is 0 Å². The molecule has 0 fully saturated rings. The van der Waals surface area contributed by atoms with Crippen molar-refractivity contribution in [1.82, 2.24) is 0 Å². The SMILES string of the molecule is CC(C)C1C=CC=C1[Si](C)(C)C. The van der Waals surface area contributed by atoms with E-state index < -0.39 is 8.07 Å². The molecule has 0 aromatic heterocycles. The zero-order valence-corrected chi connectivity index (χ0v) is 9.89. The van der Waals surface area contributed by atoms with Crippen LogP contribution in [0.15, 0.2) is 23.4 Å². The summed E-state index contributed by atoms with van der Waals surface area (Å²) in [5, 5.41) is 1.72. The Balaban J connectivity index is 2.81. The predicted octanol–water partition coefficient (Wildman–Crippen LogP) is 3.63. The molecule has 1 unspecified atom stereocenters. The van der Waals surface area contributed by atoms with Crippen LogP contribution in [0.1, 0.15) is 13.8 Å². The molecule has 1 aliphatic rings. The first-order valence-electron chi connectivity index (χ1n) is 4.82. The average molecular weight is 180 g/mol. The first-order valence-corrected chi connectivity index (χ1v) is 8.32. The van der Waals surface area contributed by atoms with Gasteiger partial charge in [-0.3, -0.25) is 0 Å². The summed E-state index contributed by atoms with van der Waals surface area (Å²) >= 11 is 0. The Morgan fingerprint density at radius 1 is 1.25 bits per heavy atom. The molecule has 0 radical (unpaired) electrons. The molecule has 12 heavy (non-hydrogen) atoms. The molecular weight excluding hydrogens is 160 g/mol. The highest BCUT2D eigenvalue weighted by atomic mass is 28.3. The maximum Gasteiger partial charge on any atom is 0.0732 e. The van der Waals surface area contributed by atoms with Crippen LogP contribution in [0.3, 0.4) is 0 Å². The van der Waals surface area contributed by atoms with Crippen molar-refractivity contribution < 1.29 is 0 Å². The minimum absolute atomic E-state index is 0.733. The van der Waals surface area contributed by atoms with E-state index in [-0.39, 0.29) is 0 Å². The van der Waals surface area contributed by atoms with E-state index in [1.54, 1.807) is 5.20 Å². The van der Waals surface area contributed by atoms with Gasteiger partial charge in [0.15, 0.2) is 0 Å². The largest absolute Gasteiger partial charge is 0.0775 e. The van der Waals surface area contributed by atoms with E-state index >= 15 is 0 Å². The molecule has 1 heteroatoms. The average Bonchev–Trinajstić information content (AvgIpc) is 2.30. The molecule has 68 valence electrons. The molecule has 0 aromatic rings. The number of rotatable bonds is 2. The molecule has 0 aromatic carbocycles. The van der Waals surface area contributed by atoms with Crippen LogP contribution < -0.4 is 0 Å². The molecule has 0 aliphatic heterocycles. The lowest BCUT2D eigenvalue weighted by Gasteiger charge is -2.27. The van der Waals surface area contributed by atoms with Crippen molar-refractivity contribution in [3.05, 3.63) is 23.4 Å². The van der Waals surface area contributed by atoms with Gasteiger partial charge in [-0.25, -0.2) is 0 Å². The lowest BCUT2D eigenvalue weighted by Crippen LogP contribution is -2.29. The van der Waals surface area contributed by atoms with Crippen LogP contribution in [0.25, 0.3) is 0 Å².